The Labute approximate surface area is 180 Å². The van der Waals surface area contributed by atoms with E-state index in [0.717, 1.165) is 17.5 Å². The summed E-state index contributed by atoms with van der Waals surface area (Å²) in [4.78, 5) is 22.4. The van der Waals surface area contributed by atoms with Gasteiger partial charge in [-0.2, -0.15) is 0 Å². The average Bonchev–Trinajstić information content (AvgIpc) is 3.42. The molecule has 1 aliphatic rings. The molecule has 2 aromatic heterocycles. The van der Waals surface area contributed by atoms with Crippen molar-refractivity contribution in [3.8, 4) is 23.3 Å². The van der Waals surface area contributed by atoms with Crippen LogP contribution < -0.4 is 15.2 Å². The Balaban J connectivity index is 1.75. The van der Waals surface area contributed by atoms with Crippen molar-refractivity contribution < 1.29 is 14.3 Å². The predicted octanol–water partition coefficient (Wildman–Crippen LogP) is 2.39. The fraction of sp³-hybridized carbons (Fsp3) is 0.261. The Morgan fingerprint density at radius 1 is 1.23 bits per heavy atom. The summed E-state index contributed by atoms with van der Waals surface area (Å²) in [5.74, 6) is 7.97. The largest absolute Gasteiger partial charge is 0.497 e. The van der Waals surface area contributed by atoms with Gasteiger partial charge in [0.05, 0.1) is 31.2 Å². The summed E-state index contributed by atoms with van der Waals surface area (Å²) < 4.78 is 12.7. The molecule has 0 aliphatic carbocycles. The van der Waals surface area contributed by atoms with Gasteiger partial charge in [-0.1, -0.05) is 18.4 Å². The molecule has 0 radical (unpaired) electrons. The fourth-order valence-corrected chi connectivity index (χ4v) is 3.80. The minimum Gasteiger partial charge on any atom is -0.497 e. The van der Waals surface area contributed by atoms with Gasteiger partial charge in [0.15, 0.2) is 0 Å². The molecule has 1 fully saturated rings. The zero-order valence-electron chi connectivity index (χ0n) is 17.5. The molecule has 4 rings (SSSR count). The highest BCUT2D eigenvalue weighted by molar-refractivity contribution is 5.92. The van der Waals surface area contributed by atoms with Gasteiger partial charge in [0, 0.05) is 30.9 Å². The molecule has 1 aromatic carbocycles. The molecule has 0 saturated carbocycles. The number of likely N-dealkylation sites (tertiary alicyclic amines) is 1. The van der Waals surface area contributed by atoms with Crippen LogP contribution in [0.5, 0.6) is 11.5 Å². The Bertz CT molecular complexity index is 1200. The first kappa shape index (κ1) is 20.3. The maximum absolute atomic E-state index is 12.0. The van der Waals surface area contributed by atoms with Crippen LogP contribution in [0.25, 0.3) is 11.0 Å². The standard InChI is InChI=1S/C23H23N5O3/c1-4-20(29)27-8-7-17(13-27)28-12-16(21-22(24)25-14-26-23(21)28)6-5-15-9-18(30-2)11-19(10-15)31-3/h4,9-12,14,17H,1,7-8,13H2,2-3H3,(H2,24,25,26). The van der Waals surface area contributed by atoms with Crippen LogP contribution in [-0.2, 0) is 4.79 Å². The molecule has 1 saturated heterocycles. The molecule has 0 spiro atoms. The number of hydrogen-bond acceptors (Lipinski definition) is 6. The van der Waals surface area contributed by atoms with Crippen LogP contribution >= 0.6 is 0 Å². The normalized spacial score (nSPS) is 15.4. The molecule has 3 heterocycles. The number of ether oxygens (including phenoxy) is 2. The van der Waals surface area contributed by atoms with Crippen LogP contribution in [0, 0.1) is 11.8 Å². The lowest BCUT2D eigenvalue weighted by Crippen LogP contribution is -2.27. The third-order valence-electron chi connectivity index (χ3n) is 5.37. The highest BCUT2D eigenvalue weighted by Gasteiger charge is 2.28. The molecule has 158 valence electrons. The summed E-state index contributed by atoms with van der Waals surface area (Å²) in [6.45, 7) is 4.82. The van der Waals surface area contributed by atoms with E-state index in [9.17, 15) is 4.79 Å². The van der Waals surface area contributed by atoms with E-state index < -0.39 is 0 Å². The maximum Gasteiger partial charge on any atom is 0.246 e. The van der Waals surface area contributed by atoms with Crippen molar-refractivity contribution in [2.75, 3.05) is 33.0 Å². The van der Waals surface area contributed by atoms with Crippen molar-refractivity contribution in [1.82, 2.24) is 19.4 Å². The second kappa shape index (κ2) is 8.40. The zero-order valence-corrected chi connectivity index (χ0v) is 17.5. The van der Waals surface area contributed by atoms with Crippen LogP contribution in [0.15, 0.2) is 43.4 Å². The van der Waals surface area contributed by atoms with Crippen LogP contribution in [0.3, 0.4) is 0 Å². The number of nitrogens with zero attached hydrogens (tertiary/aromatic N) is 4. The highest BCUT2D eigenvalue weighted by Crippen LogP contribution is 2.30. The molecule has 1 amide bonds. The second-order valence-electron chi connectivity index (χ2n) is 7.19. The summed E-state index contributed by atoms with van der Waals surface area (Å²) in [6, 6.07) is 5.54. The van der Waals surface area contributed by atoms with Crippen molar-refractivity contribution in [3.05, 3.63) is 54.5 Å². The van der Waals surface area contributed by atoms with E-state index >= 15 is 0 Å². The van der Waals surface area contributed by atoms with Gasteiger partial charge in [-0.3, -0.25) is 4.79 Å². The number of carbonyl (C=O) groups excluding carboxylic acids is 1. The molecule has 8 heteroatoms. The molecule has 3 aromatic rings. The summed E-state index contributed by atoms with van der Waals surface area (Å²) in [7, 11) is 3.19. The maximum atomic E-state index is 12.0. The quantitative estimate of drug-likeness (QED) is 0.517. The number of amides is 1. The number of aromatic nitrogens is 3. The molecule has 8 nitrogen and oxygen atoms in total. The number of carbonyl (C=O) groups is 1. The molecular formula is C23H23N5O3. The first-order chi connectivity index (χ1) is 15.0. The van der Waals surface area contributed by atoms with Crippen LogP contribution in [0.2, 0.25) is 0 Å². The number of nitrogens with two attached hydrogens (primary N) is 1. The van der Waals surface area contributed by atoms with E-state index in [4.69, 9.17) is 15.2 Å². The van der Waals surface area contributed by atoms with Crippen LogP contribution in [0.1, 0.15) is 23.6 Å². The number of benzene rings is 1. The Kier molecular flexibility index (Phi) is 5.50. The number of rotatable bonds is 4. The van der Waals surface area contributed by atoms with E-state index in [1.807, 2.05) is 22.9 Å². The number of hydrogen-bond donors (Lipinski definition) is 1. The minimum absolute atomic E-state index is 0.0694. The zero-order chi connectivity index (χ0) is 22.0. The van der Waals surface area contributed by atoms with E-state index in [-0.39, 0.29) is 11.9 Å². The highest BCUT2D eigenvalue weighted by atomic mass is 16.5. The predicted molar refractivity (Wildman–Crippen MR) is 118 cm³/mol. The number of fused-ring (bicyclic) bond motifs is 1. The molecule has 31 heavy (non-hydrogen) atoms. The van der Waals surface area contributed by atoms with Crippen LogP contribution in [0.4, 0.5) is 5.82 Å². The lowest BCUT2D eigenvalue weighted by Gasteiger charge is -2.15. The monoisotopic (exact) mass is 417 g/mol. The van der Waals surface area contributed by atoms with Crippen LogP contribution in [-0.4, -0.2) is 52.7 Å². The molecule has 0 bridgehead atoms. The van der Waals surface area contributed by atoms with Gasteiger partial charge >= 0.3 is 0 Å². The van der Waals surface area contributed by atoms with Crippen molar-refractivity contribution in [1.29, 1.82) is 0 Å². The lowest BCUT2D eigenvalue weighted by molar-refractivity contribution is -0.125. The van der Waals surface area contributed by atoms with E-state index in [1.54, 1.807) is 25.2 Å². The van der Waals surface area contributed by atoms with Crippen molar-refractivity contribution >= 4 is 22.8 Å². The van der Waals surface area contributed by atoms with Gasteiger partial charge in [-0.15, -0.1) is 0 Å². The van der Waals surface area contributed by atoms with E-state index in [0.29, 0.717) is 41.4 Å². The first-order valence-electron chi connectivity index (χ1n) is 9.81. The van der Waals surface area contributed by atoms with Gasteiger partial charge in [0.2, 0.25) is 5.91 Å². The van der Waals surface area contributed by atoms with Crippen molar-refractivity contribution in [2.45, 2.75) is 12.5 Å². The summed E-state index contributed by atoms with van der Waals surface area (Å²) >= 11 is 0. The Hall–Kier alpha value is -3.99. The first-order valence-corrected chi connectivity index (χ1v) is 9.81. The molecular weight excluding hydrogens is 394 g/mol. The summed E-state index contributed by atoms with van der Waals surface area (Å²) in [5.41, 5.74) is 8.35. The van der Waals surface area contributed by atoms with Gasteiger partial charge in [-0.25, -0.2) is 9.97 Å². The molecule has 1 atom stereocenters. The van der Waals surface area contributed by atoms with E-state index in [2.05, 4.69) is 28.4 Å². The second-order valence-corrected chi connectivity index (χ2v) is 7.19. The number of methoxy groups -OCH3 is 2. The number of nitrogen functional groups attached to an aromatic ring is 1. The lowest BCUT2D eigenvalue weighted by atomic mass is 10.1. The molecule has 1 aliphatic heterocycles. The SMILES string of the molecule is C=CC(=O)N1CCC(n2cc(C#Cc3cc(OC)cc(OC)c3)c3c(N)ncnc32)C1. The average molecular weight is 417 g/mol. The minimum atomic E-state index is -0.0694. The van der Waals surface area contributed by atoms with Gasteiger partial charge in [0.1, 0.15) is 29.3 Å². The smallest absolute Gasteiger partial charge is 0.246 e. The van der Waals surface area contributed by atoms with E-state index in [1.165, 1.54) is 12.4 Å². The van der Waals surface area contributed by atoms with Gasteiger partial charge in [0.25, 0.3) is 0 Å². The van der Waals surface area contributed by atoms with Crippen molar-refractivity contribution in [3.63, 3.8) is 0 Å². The Morgan fingerprint density at radius 2 is 1.97 bits per heavy atom. The van der Waals surface area contributed by atoms with Gasteiger partial charge < -0.3 is 24.7 Å². The summed E-state index contributed by atoms with van der Waals surface area (Å²) in [6.07, 6.45) is 5.54. The van der Waals surface area contributed by atoms with Crippen molar-refractivity contribution in [2.24, 2.45) is 0 Å². The van der Waals surface area contributed by atoms with Gasteiger partial charge in [-0.05, 0) is 24.6 Å². The number of anilines is 1. The fourth-order valence-electron chi connectivity index (χ4n) is 3.80. The topological polar surface area (TPSA) is 95.5 Å². The summed E-state index contributed by atoms with van der Waals surface area (Å²) in [5, 5.41) is 0.707. The third-order valence-corrected chi connectivity index (χ3v) is 5.37. The third kappa shape index (κ3) is 3.90. The molecule has 2 N–H and O–H groups in total. The molecule has 1 unspecified atom stereocenters. The Morgan fingerprint density at radius 3 is 2.65 bits per heavy atom.